The fourth-order valence-corrected chi connectivity index (χ4v) is 3.75. The second-order valence-corrected chi connectivity index (χ2v) is 8.93. The van der Waals surface area contributed by atoms with Crippen LogP contribution in [0.15, 0.2) is 72.8 Å². The number of halogens is 1. The maximum Gasteiger partial charge on any atom is 0.251 e. The van der Waals surface area contributed by atoms with Gasteiger partial charge in [0.15, 0.2) is 0 Å². The highest BCUT2D eigenvalue weighted by Gasteiger charge is 2.22. The Bertz CT molecular complexity index is 1200. The molecule has 3 aromatic rings. The molecule has 0 aliphatic heterocycles. The first-order valence-electron chi connectivity index (χ1n) is 11.7. The summed E-state index contributed by atoms with van der Waals surface area (Å²) in [7, 11) is 1.51. The third-order valence-corrected chi connectivity index (χ3v) is 5.67. The topological polar surface area (TPSA) is 96.5 Å². The van der Waals surface area contributed by atoms with Crippen LogP contribution in [0.25, 0.3) is 0 Å². The van der Waals surface area contributed by atoms with E-state index in [1.807, 2.05) is 44.2 Å². The van der Waals surface area contributed by atoms with Crippen molar-refractivity contribution in [1.29, 1.82) is 0 Å². The van der Waals surface area contributed by atoms with Crippen molar-refractivity contribution in [2.45, 2.75) is 39.0 Å². The van der Waals surface area contributed by atoms with E-state index in [4.69, 9.17) is 16.3 Å². The number of rotatable bonds is 10. The number of hydrogen-bond donors (Lipinski definition) is 3. The van der Waals surface area contributed by atoms with Crippen LogP contribution in [-0.2, 0) is 17.8 Å². The van der Waals surface area contributed by atoms with Crippen LogP contribution in [0, 0.1) is 0 Å². The van der Waals surface area contributed by atoms with Crippen molar-refractivity contribution in [2.24, 2.45) is 0 Å². The second-order valence-electron chi connectivity index (χ2n) is 8.52. The number of ether oxygens (including phenoxy) is 1. The van der Waals surface area contributed by atoms with Gasteiger partial charge in [-0.15, -0.1) is 0 Å². The van der Waals surface area contributed by atoms with E-state index in [0.717, 1.165) is 11.1 Å². The molecule has 0 saturated carbocycles. The highest BCUT2D eigenvalue weighted by Crippen LogP contribution is 2.26. The van der Waals surface area contributed by atoms with Gasteiger partial charge in [-0.1, -0.05) is 54.1 Å². The molecule has 0 bridgehead atoms. The molecule has 0 saturated heterocycles. The van der Waals surface area contributed by atoms with Crippen LogP contribution in [0.5, 0.6) is 5.75 Å². The summed E-state index contributed by atoms with van der Waals surface area (Å²) in [6.45, 7) is 4.20. The van der Waals surface area contributed by atoms with Crippen molar-refractivity contribution >= 4 is 29.3 Å². The largest absolute Gasteiger partial charge is 0.489 e. The molecule has 36 heavy (non-hydrogen) atoms. The van der Waals surface area contributed by atoms with Gasteiger partial charge in [-0.25, -0.2) is 0 Å². The average molecular weight is 508 g/mol. The lowest BCUT2D eigenvalue weighted by atomic mass is 10.0. The van der Waals surface area contributed by atoms with Gasteiger partial charge in [0, 0.05) is 31.1 Å². The zero-order valence-corrected chi connectivity index (χ0v) is 21.3. The molecule has 1 atom stereocenters. The zero-order valence-electron chi connectivity index (χ0n) is 20.5. The molecule has 3 amide bonds. The van der Waals surface area contributed by atoms with Gasteiger partial charge in [-0.05, 0) is 55.3 Å². The molecule has 0 fully saturated rings. The predicted octanol–water partition coefficient (Wildman–Crippen LogP) is 4.14. The van der Waals surface area contributed by atoms with E-state index in [2.05, 4.69) is 16.0 Å². The van der Waals surface area contributed by atoms with E-state index in [1.54, 1.807) is 36.4 Å². The van der Waals surface area contributed by atoms with E-state index >= 15 is 0 Å². The Kier molecular flexibility index (Phi) is 9.47. The first kappa shape index (κ1) is 26.8. The Morgan fingerprint density at radius 2 is 1.53 bits per heavy atom. The predicted molar refractivity (Wildman–Crippen MR) is 140 cm³/mol. The SMILES string of the molecule is CNC(=O)[C@H](Cc1ccc(C(=O)NCc2ccccc2)cc1)NC(=O)c1ccc(OC(C)C)c(Cl)c1. The van der Waals surface area contributed by atoms with E-state index < -0.39 is 11.9 Å². The summed E-state index contributed by atoms with van der Waals surface area (Å²) in [4.78, 5) is 37.8. The smallest absolute Gasteiger partial charge is 0.251 e. The summed E-state index contributed by atoms with van der Waals surface area (Å²) < 4.78 is 5.60. The molecule has 0 spiro atoms. The van der Waals surface area contributed by atoms with E-state index in [9.17, 15) is 14.4 Å². The van der Waals surface area contributed by atoms with Gasteiger partial charge >= 0.3 is 0 Å². The summed E-state index contributed by atoms with van der Waals surface area (Å²) in [5.74, 6) is -0.473. The van der Waals surface area contributed by atoms with Crippen LogP contribution < -0.4 is 20.7 Å². The Labute approximate surface area is 216 Å². The molecule has 3 aromatic carbocycles. The van der Waals surface area contributed by atoms with Gasteiger partial charge in [0.2, 0.25) is 5.91 Å². The van der Waals surface area contributed by atoms with Crippen molar-refractivity contribution < 1.29 is 19.1 Å². The number of carbonyl (C=O) groups excluding carboxylic acids is 3. The second kappa shape index (κ2) is 12.7. The van der Waals surface area contributed by atoms with Gasteiger partial charge in [0.25, 0.3) is 11.8 Å². The molecule has 188 valence electrons. The molecule has 0 unspecified atom stereocenters. The number of benzene rings is 3. The molecule has 0 aliphatic rings. The van der Waals surface area contributed by atoms with Gasteiger partial charge < -0.3 is 20.7 Å². The molecule has 3 rings (SSSR count). The number of likely N-dealkylation sites (N-methyl/N-ethyl adjacent to an activating group) is 1. The molecule has 3 N–H and O–H groups in total. The Hall–Kier alpha value is -3.84. The van der Waals surface area contributed by atoms with Crippen LogP contribution in [0.1, 0.15) is 45.7 Å². The molecule has 0 aliphatic carbocycles. The van der Waals surface area contributed by atoms with Crippen molar-refractivity contribution in [3.8, 4) is 5.75 Å². The number of hydrogen-bond acceptors (Lipinski definition) is 4. The normalized spacial score (nSPS) is 11.5. The summed E-state index contributed by atoms with van der Waals surface area (Å²) in [6.07, 6.45) is 0.195. The van der Waals surface area contributed by atoms with E-state index in [1.165, 1.54) is 13.1 Å². The van der Waals surface area contributed by atoms with Crippen LogP contribution in [0.3, 0.4) is 0 Å². The fourth-order valence-electron chi connectivity index (χ4n) is 3.52. The van der Waals surface area contributed by atoms with Gasteiger partial charge in [-0.3, -0.25) is 14.4 Å². The lowest BCUT2D eigenvalue weighted by Crippen LogP contribution is -2.47. The van der Waals surface area contributed by atoms with Gasteiger partial charge in [0.1, 0.15) is 11.8 Å². The van der Waals surface area contributed by atoms with Crippen LogP contribution in [0.4, 0.5) is 0 Å². The van der Waals surface area contributed by atoms with Crippen molar-refractivity contribution in [3.63, 3.8) is 0 Å². The summed E-state index contributed by atoms with van der Waals surface area (Å²) in [5.41, 5.74) is 2.63. The quantitative estimate of drug-likeness (QED) is 0.384. The third-order valence-electron chi connectivity index (χ3n) is 5.38. The summed E-state index contributed by atoms with van der Waals surface area (Å²) >= 11 is 6.25. The van der Waals surface area contributed by atoms with Crippen LogP contribution >= 0.6 is 11.6 Å². The van der Waals surface area contributed by atoms with Crippen molar-refractivity contribution in [1.82, 2.24) is 16.0 Å². The fraction of sp³-hybridized carbons (Fsp3) is 0.250. The molecule has 8 heteroatoms. The number of nitrogens with one attached hydrogen (secondary N) is 3. The van der Waals surface area contributed by atoms with Gasteiger partial charge in [-0.2, -0.15) is 0 Å². The summed E-state index contributed by atoms with van der Waals surface area (Å²) in [6, 6.07) is 20.5. The van der Waals surface area contributed by atoms with Crippen LogP contribution in [0.2, 0.25) is 5.02 Å². The van der Waals surface area contributed by atoms with E-state index in [-0.39, 0.29) is 24.3 Å². The summed E-state index contributed by atoms with van der Waals surface area (Å²) in [5, 5.41) is 8.55. The molecular formula is C28H30ClN3O4. The molecular weight excluding hydrogens is 478 g/mol. The number of carbonyl (C=O) groups is 3. The highest BCUT2D eigenvalue weighted by atomic mass is 35.5. The Morgan fingerprint density at radius 1 is 0.861 bits per heavy atom. The molecule has 0 aromatic heterocycles. The van der Waals surface area contributed by atoms with Crippen LogP contribution in [-0.4, -0.2) is 36.9 Å². The maximum atomic E-state index is 12.8. The molecule has 0 radical (unpaired) electrons. The minimum absolute atomic E-state index is 0.0545. The Morgan fingerprint density at radius 3 is 2.14 bits per heavy atom. The standard InChI is InChI=1S/C28H30ClN3O4/c1-18(2)36-25-14-13-22(16-23(25)29)27(34)32-24(28(35)30-3)15-19-9-11-21(12-10-19)26(33)31-17-20-7-5-4-6-8-20/h4-14,16,18,24H,15,17H2,1-3H3,(H,30,35)(H,31,33)(H,32,34)/t24-/m0/s1. The zero-order chi connectivity index (χ0) is 26.1. The molecule has 0 heterocycles. The average Bonchev–Trinajstić information content (AvgIpc) is 2.88. The maximum absolute atomic E-state index is 12.8. The Balaban J connectivity index is 1.64. The van der Waals surface area contributed by atoms with Crippen molar-refractivity contribution in [3.05, 3.63) is 100 Å². The minimum Gasteiger partial charge on any atom is -0.489 e. The van der Waals surface area contributed by atoms with Crippen molar-refractivity contribution in [2.75, 3.05) is 7.05 Å². The lowest BCUT2D eigenvalue weighted by molar-refractivity contribution is -0.122. The number of amides is 3. The first-order valence-corrected chi connectivity index (χ1v) is 12.0. The first-order chi connectivity index (χ1) is 17.3. The van der Waals surface area contributed by atoms with E-state index in [0.29, 0.717) is 28.4 Å². The third kappa shape index (κ3) is 7.58. The lowest BCUT2D eigenvalue weighted by Gasteiger charge is -2.18. The molecule has 7 nitrogen and oxygen atoms in total. The van der Waals surface area contributed by atoms with Gasteiger partial charge in [0.05, 0.1) is 11.1 Å². The highest BCUT2D eigenvalue weighted by molar-refractivity contribution is 6.32. The minimum atomic E-state index is -0.814. The monoisotopic (exact) mass is 507 g/mol.